The molecular weight excluding hydrogens is 420 g/mol. The Morgan fingerprint density at radius 2 is 1.97 bits per heavy atom. The SMILES string of the molecule is COc1nc(NCCc2c(F)cccc2Cl)cc(-c2cccc(C(=O)O)c2)n1.Cl. The average molecular weight is 438 g/mol. The van der Waals surface area contributed by atoms with Crippen molar-refractivity contribution in [1.29, 1.82) is 0 Å². The van der Waals surface area contributed by atoms with Gasteiger partial charge in [0, 0.05) is 28.8 Å². The number of ether oxygens (including phenoxy) is 1. The smallest absolute Gasteiger partial charge is 0.335 e. The van der Waals surface area contributed by atoms with Crippen molar-refractivity contribution < 1.29 is 19.0 Å². The lowest BCUT2D eigenvalue weighted by atomic mass is 10.1. The lowest BCUT2D eigenvalue weighted by Crippen LogP contribution is -2.09. The first-order valence-corrected chi connectivity index (χ1v) is 8.79. The predicted molar refractivity (Wildman–Crippen MR) is 112 cm³/mol. The van der Waals surface area contributed by atoms with Gasteiger partial charge in [-0.2, -0.15) is 9.97 Å². The van der Waals surface area contributed by atoms with Gasteiger partial charge in [-0.25, -0.2) is 9.18 Å². The van der Waals surface area contributed by atoms with E-state index in [0.29, 0.717) is 40.6 Å². The molecule has 0 radical (unpaired) electrons. The molecule has 9 heteroatoms. The highest BCUT2D eigenvalue weighted by molar-refractivity contribution is 6.31. The number of aromatic carboxylic acids is 1. The Balaban J connectivity index is 0.00000300. The van der Waals surface area contributed by atoms with Crippen LogP contribution in [0.25, 0.3) is 11.3 Å². The van der Waals surface area contributed by atoms with Crippen LogP contribution in [0.5, 0.6) is 6.01 Å². The Hall–Kier alpha value is -2.90. The Morgan fingerprint density at radius 1 is 1.21 bits per heavy atom. The van der Waals surface area contributed by atoms with Crippen molar-refractivity contribution in [1.82, 2.24) is 9.97 Å². The minimum atomic E-state index is -1.03. The number of rotatable bonds is 7. The second-order valence-electron chi connectivity index (χ2n) is 5.89. The lowest BCUT2D eigenvalue weighted by Gasteiger charge is -2.11. The second kappa shape index (κ2) is 10.0. The zero-order valence-electron chi connectivity index (χ0n) is 15.4. The molecule has 0 spiro atoms. The average Bonchev–Trinajstić information content (AvgIpc) is 2.70. The fourth-order valence-electron chi connectivity index (χ4n) is 2.65. The fraction of sp³-hybridized carbons (Fsp3) is 0.150. The van der Waals surface area contributed by atoms with Crippen LogP contribution in [0.15, 0.2) is 48.5 Å². The zero-order chi connectivity index (χ0) is 20.1. The predicted octanol–water partition coefficient (Wildman–Crippen LogP) is 4.72. The summed E-state index contributed by atoms with van der Waals surface area (Å²) in [6, 6.07) is 12.8. The van der Waals surface area contributed by atoms with E-state index < -0.39 is 5.97 Å². The van der Waals surface area contributed by atoms with E-state index in [9.17, 15) is 9.18 Å². The van der Waals surface area contributed by atoms with Crippen molar-refractivity contribution in [3.05, 3.63) is 70.5 Å². The number of nitrogens with zero attached hydrogens (tertiary/aromatic N) is 2. The quantitative estimate of drug-likeness (QED) is 0.556. The number of hydrogen-bond acceptors (Lipinski definition) is 5. The van der Waals surface area contributed by atoms with E-state index in [1.807, 2.05) is 0 Å². The molecule has 2 N–H and O–H groups in total. The number of nitrogens with one attached hydrogen (secondary N) is 1. The molecule has 0 aliphatic heterocycles. The zero-order valence-corrected chi connectivity index (χ0v) is 16.9. The van der Waals surface area contributed by atoms with Crippen LogP contribution in [0.1, 0.15) is 15.9 Å². The van der Waals surface area contributed by atoms with Gasteiger partial charge >= 0.3 is 12.0 Å². The summed E-state index contributed by atoms with van der Waals surface area (Å²) in [6.45, 7) is 0.384. The molecule has 0 atom stereocenters. The number of aromatic nitrogens is 2. The van der Waals surface area contributed by atoms with Gasteiger partial charge in [0.25, 0.3) is 0 Å². The molecule has 0 bridgehead atoms. The summed E-state index contributed by atoms with van der Waals surface area (Å²) in [7, 11) is 1.44. The molecule has 3 aromatic rings. The molecule has 0 saturated carbocycles. The molecule has 6 nitrogen and oxygen atoms in total. The first-order valence-electron chi connectivity index (χ1n) is 8.41. The van der Waals surface area contributed by atoms with Crippen LogP contribution in [-0.2, 0) is 6.42 Å². The normalized spacial score (nSPS) is 10.2. The second-order valence-corrected chi connectivity index (χ2v) is 6.30. The molecule has 152 valence electrons. The van der Waals surface area contributed by atoms with Crippen molar-refractivity contribution in [3.8, 4) is 17.3 Å². The highest BCUT2D eigenvalue weighted by Gasteiger charge is 2.11. The molecule has 3 rings (SSSR count). The van der Waals surface area contributed by atoms with Gasteiger partial charge < -0.3 is 15.2 Å². The number of anilines is 1. The van der Waals surface area contributed by atoms with Crippen LogP contribution in [0.2, 0.25) is 5.02 Å². The van der Waals surface area contributed by atoms with Gasteiger partial charge in [-0.05, 0) is 30.7 Å². The van der Waals surface area contributed by atoms with Crippen molar-refractivity contribution in [2.75, 3.05) is 19.0 Å². The number of carboxylic acids is 1. The molecular formula is C20H18Cl2FN3O3. The Labute approximate surface area is 178 Å². The standard InChI is InChI=1S/C20H17ClFN3O3.ClH/c1-28-20-24-17(12-4-2-5-13(10-12)19(26)27)11-18(25-20)23-9-8-14-15(21)6-3-7-16(14)22;/h2-7,10-11H,8-9H2,1H3,(H,26,27)(H,23,24,25);1H. The van der Waals surface area contributed by atoms with E-state index in [1.54, 1.807) is 30.3 Å². The molecule has 0 aliphatic rings. The molecule has 0 amide bonds. The summed E-state index contributed by atoms with van der Waals surface area (Å²) in [5.41, 5.74) is 1.69. The van der Waals surface area contributed by atoms with Crippen molar-refractivity contribution >= 4 is 35.8 Å². The maximum Gasteiger partial charge on any atom is 0.335 e. The number of halogens is 3. The van der Waals surface area contributed by atoms with Crippen LogP contribution in [-0.4, -0.2) is 34.7 Å². The monoisotopic (exact) mass is 437 g/mol. The van der Waals surface area contributed by atoms with Gasteiger partial charge in [0.15, 0.2) is 0 Å². The molecule has 1 heterocycles. The number of carbonyl (C=O) groups is 1. The van der Waals surface area contributed by atoms with E-state index >= 15 is 0 Å². The van der Waals surface area contributed by atoms with Crippen LogP contribution < -0.4 is 10.1 Å². The van der Waals surface area contributed by atoms with E-state index in [-0.39, 0.29) is 29.8 Å². The molecule has 0 unspecified atom stereocenters. The van der Waals surface area contributed by atoms with Gasteiger partial charge in [0.2, 0.25) is 0 Å². The summed E-state index contributed by atoms with van der Waals surface area (Å²) in [4.78, 5) is 19.7. The van der Waals surface area contributed by atoms with Gasteiger partial charge in [0.05, 0.1) is 18.4 Å². The maximum absolute atomic E-state index is 13.9. The maximum atomic E-state index is 13.9. The number of benzene rings is 2. The topological polar surface area (TPSA) is 84.3 Å². The first kappa shape index (κ1) is 22.4. The van der Waals surface area contributed by atoms with Crippen LogP contribution in [0.3, 0.4) is 0 Å². The van der Waals surface area contributed by atoms with Gasteiger partial charge in [-0.15, -0.1) is 12.4 Å². The fourth-order valence-corrected chi connectivity index (χ4v) is 2.91. The molecule has 0 saturated heterocycles. The summed E-state index contributed by atoms with van der Waals surface area (Å²) in [6.07, 6.45) is 0.363. The first-order chi connectivity index (χ1) is 13.5. The Morgan fingerprint density at radius 3 is 2.66 bits per heavy atom. The van der Waals surface area contributed by atoms with Gasteiger partial charge in [0.1, 0.15) is 11.6 Å². The van der Waals surface area contributed by atoms with E-state index in [1.165, 1.54) is 25.3 Å². The highest BCUT2D eigenvalue weighted by Crippen LogP contribution is 2.24. The molecule has 0 aliphatic carbocycles. The summed E-state index contributed by atoms with van der Waals surface area (Å²) >= 11 is 6.04. The van der Waals surface area contributed by atoms with E-state index in [4.69, 9.17) is 21.4 Å². The van der Waals surface area contributed by atoms with Crippen LogP contribution in [0, 0.1) is 5.82 Å². The van der Waals surface area contributed by atoms with Crippen molar-refractivity contribution in [2.24, 2.45) is 0 Å². The van der Waals surface area contributed by atoms with E-state index in [2.05, 4.69) is 15.3 Å². The van der Waals surface area contributed by atoms with Crippen molar-refractivity contribution in [3.63, 3.8) is 0 Å². The Kier molecular flexibility index (Phi) is 7.75. The van der Waals surface area contributed by atoms with Gasteiger partial charge in [-0.1, -0.05) is 29.8 Å². The third kappa shape index (κ3) is 5.56. The van der Waals surface area contributed by atoms with E-state index in [0.717, 1.165) is 0 Å². The van der Waals surface area contributed by atoms with Crippen LogP contribution in [0.4, 0.5) is 10.2 Å². The number of methoxy groups -OCH3 is 1. The number of carboxylic acid groups (broad SMARTS) is 1. The van der Waals surface area contributed by atoms with Crippen LogP contribution >= 0.6 is 24.0 Å². The molecule has 2 aromatic carbocycles. The minimum absolute atomic E-state index is 0. The summed E-state index contributed by atoms with van der Waals surface area (Å²) < 4.78 is 19.0. The van der Waals surface area contributed by atoms with Crippen molar-refractivity contribution in [2.45, 2.75) is 6.42 Å². The minimum Gasteiger partial charge on any atom is -0.478 e. The molecule has 1 aromatic heterocycles. The highest BCUT2D eigenvalue weighted by atomic mass is 35.5. The number of hydrogen-bond donors (Lipinski definition) is 2. The lowest BCUT2D eigenvalue weighted by molar-refractivity contribution is 0.0697. The largest absolute Gasteiger partial charge is 0.478 e. The summed E-state index contributed by atoms with van der Waals surface area (Å²) in [5.74, 6) is -0.918. The van der Waals surface area contributed by atoms with Gasteiger partial charge in [-0.3, -0.25) is 0 Å². The molecule has 0 fully saturated rings. The molecule has 29 heavy (non-hydrogen) atoms. The third-order valence-corrected chi connectivity index (χ3v) is 4.39. The third-order valence-electron chi connectivity index (χ3n) is 4.04. The summed E-state index contributed by atoms with van der Waals surface area (Å²) in [5, 5.41) is 12.6. The Bertz CT molecular complexity index is 998.